The van der Waals surface area contributed by atoms with E-state index in [1.807, 2.05) is 17.6 Å². The number of benzene rings is 2. The minimum absolute atomic E-state index is 0.300. The van der Waals surface area contributed by atoms with Crippen molar-refractivity contribution in [1.82, 2.24) is 24.9 Å². The minimum atomic E-state index is -0.300. The number of hydrogen-bond donors (Lipinski definition) is 0. The summed E-state index contributed by atoms with van der Waals surface area (Å²) in [5.41, 5.74) is 1.47. The Bertz CT molecular complexity index is 1160. The second-order valence-electron chi connectivity index (χ2n) is 6.21. The highest BCUT2D eigenvalue weighted by Gasteiger charge is 2.17. The number of aromatic nitrogens is 5. The molecule has 0 spiro atoms. The molecule has 0 N–H and O–H groups in total. The summed E-state index contributed by atoms with van der Waals surface area (Å²) in [5, 5.41) is 13.0. The molecule has 2 aromatic carbocycles. The quantitative estimate of drug-likeness (QED) is 0.408. The number of hydrogen-bond acceptors (Lipinski definition) is 8. The van der Waals surface area contributed by atoms with Crippen LogP contribution in [0.1, 0.15) is 11.7 Å². The number of nitrogens with zero attached hydrogens (tertiary/aromatic N) is 5. The Labute approximate surface area is 176 Å². The van der Waals surface area contributed by atoms with Gasteiger partial charge in [-0.1, -0.05) is 16.9 Å². The molecule has 0 saturated carbocycles. The van der Waals surface area contributed by atoms with Crippen LogP contribution in [0.4, 0.5) is 4.39 Å². The van der Waals surface area contributed by atoms with Crippen molar-refractivity contribution in [3.8, 4) is 28.6 Å². The van der Waals surface area contributed by atoms with Crippen molar-refractivity contribution in [3.05, 3.63) is 60.0 Å². The maximum Gasteiger partial charge on any atom is 0.237 e. The molecule has 0 aliphatic heterocycles. The first-order valence-electron chi connectivity index (χ1n) is 8.95. The molecule has 2 heterocycles. The predicted molar refractivity (Wildman–Crippen MR) is 108 cm³/mol. The van der Waals surface area contributed by atoms with Gasteiger partial charge in [0.05, 0.1) is 25.5 Å². The maximum atomic E-state index is 13.2. The Morgan fingerprint density at radius 1 is 1.07 bits per heavy atom. The lowest BCUT2D eigenvalue weighted by molar-refractivity contribution is 0.388. The first kappa shape index (κ1) is 19.9. The third-order valence-electron chi connectivity index (χ3n) is 4.32. The molecule has 0 bridgehead atoms. The van der Waals surface area contributed by atoms with E-state index >= 15 is 0 Å². The Morgan fingerprint density at radius 3 is 2.60 bits per heavy atom. The van der Waals surface area contributed by atoms with Gasteiger partial charge in [0.2, 0.25) is 11.7 Å². The van der Waals surface area contributed by atoms with Gasteiger partial charge in [-0.05, 0) is 43.3 Å². The van der Waals surface area contributed by atoms with Gasteiger partial charge in [0.1, 0.15) is 23.1 Å². The first-order valence-corrected chi connectivity index (χ1v) is 9.93. The molecule has 4 aromatic rings. The molecule has 0 unspecified atom stereocenters. The van der Waals surface area contributed by atoms with Crippen LogP contribution >= 0.6 is 11.8 Å². The zero-order valence-electron chi connectivity index (χ0n) is 16.5. The van der Waals surface area contributed by atoms with E-state index < -0.39 is 0 Å². The predicted octanol–water partition coefficient (Wildman–Crippen LogP) is 4.07. The lowest BCUT2D eigenvalue weighted by Gasteiger charge is -2.07. The second-order valence-corrected chi connectivity index (χ2v) is 7.15. The molecule has 8 nitrogen and oxygen atoms in total. The summed E-state index contributed by atoms with van der Waals surface area (Å²) in [5.74, 6) is 2.89. The van der Waals surface area contributed by atoms with Crippen molar-refractivity contribution in [1.29, 1.82) is 0 Å². The van der Waals surface area contributed by atoms with Gasteiger partial charge < -0.3 is 14.0 Å². The average molecular weight is 427 g/mol. The molecule has 0 radical (unpaired) electrons. The number of thioether (sulfide) groups is 1. The van der Waals surface area contributed by atoms with Gasteiger partial charge in [-0.3, -0.25) is 4.57 Å². The van der Waals surface area contributed by atoms with Gasteiger partial charge in [0.25, 0.3) is 0 Å². The van der Waals surface area contributed by atoms with Crippen LogP contribution in [-0.2, 0) is 5.75 Å². The number of aryl methyl sites for hydroxylation is 1. The minimum Gasteiger partial charge on any atom is -0.497 e. The Balaban J connectivity index is 1.53. The van der Waals surface area contributed by atoms with Gasteiger partial charge in [-0.25, -0.2) is 4.39 Å². The normalized spacial score (nSPS) is 10.9. The molecule has 10 heteroatoms. The highest BCUT2D eigenvalue weighted by molar-refractivity contribution is 7.98. The van der Waals surface area contributed by atoms with E-state index in [2.05, 4.69) is 20.3 Å². The number of ether oxygens (including phenoxy) is 2. The smallest absolute Gasteiger partial charge is 0.237 e. The number of methoxy groups -OCH3 is 2. The van der Waals surface area contributed by atoms with Crippen LogP contribution in [0.5, 0.6) is 11.5 Å². The fraction of sp³-hybridized carbons (Fsp3) is 0.200. The van der Waals surface area contributed by atoms with Crippen molar-refractivity contribution >= 4 is 11.8 Å². The van der Waals surface area contributed by atoms with E-state index in [0.29, 0.717) is 45.5 Å². The van der Waals surface area contributed by atoms with Crippen molar-refractivity contribution in [2.24, 2.45) is 0 Å². The summed E-state index contributed by atoms with van der Waals surface area (Å²) in [6.45, 7) is 1.83. The lowest BCUT2D eigenvalue weighted by Crippen LogP contribution is -1.99. The van der Waals surface area contributed by atoms with Crippen LogP contribution in [0.3, 0.4) is 0 Å². The number of rotatable bonds is 7. The molecule has 0 saturated heterocycles. The van der Waals surface area contributed by atoms with E-state index in [9.17, 15) is 4.39 Å². The zero-order valence-corrected chi connectivity index (χ0v) is 17.3. The monoisotopic (exact) mass is 427 g/mol. The van der Waals surface area contributed by atoms with E-state index in [1.165, 1.54) is 23.9 Å². The standard InChI is InChI=1S/C20H18FN5O3S/c1-12-23-24-20(26(12)14-6-4-13(21)5-7-14)30-11-18-22-19(25-29-18)16-9-8-15(27-2)10-17(16)28-3/h4-10H,11H2,1-3H3. The molecule has 0 atom stereocenters. The summed E-state index contributed by atoms with van der Waals surface area (Å²) in [7, 11) is 3.16. The molecule has 2 aromatic heterocycles. The zero-order chi connectivity index (χ0) is 21.1. The second kappa shape index (κ2) is 8.54. The summed E-state index contributed by atoms with van der Waals surface area (Å²) < 4.78 is 31.1. The summed E-state index contributed by atoms with van der Waals surface area (Å²) >= 11 is 1.39. The van der Waals surface area contributed by atoms with Crippen molar-refractivity contribution < 1.29 is 18.4 Å². The van der Waals surface area contributed by atoms with E-state index in [-0.39, 0.29) is 5.82 Å². The molecule has 4 rings (SSSR count). The third kappa shape index (κ3) is 3.99. The van der Waals surface area contributed by atoms with Crippen LogP contribution < -0.4 is 9.47 Å². The van der Waals surface area contributed by atoms with Gasteiger partial charge in [0, 0.05) is 11.8 Å². The average Bonchev–Trinajstić information content (AvgIpc) is 3.39. The lowest BCUT2D eigenvalue weighted by atomic mass is 10.2. The molecule has 0 aliphatic carbocycles. The first-order chi connectivity index (χ1) is 14.6. The summed E-state index contributed by atoms with van der Waals surface area (Å²) in [6, 6.07) is 11.5. The highest BCUT2D eigenvalue weighted by Crippen LogP contribution is 2.32. The topological polar surface area (TPSA) is 88.1 Å². The molecule has 30 heavy (non-hydrogen) atoms. The molecular formula is C20H18FN5O3S. The fourth-order valence-electron chi connectivity index (χ4n) is 2.86. The largest absolute Gasteiger partial charge is 0.497 e. The summed E-state index contributed by atoms with van der Waals surface area (Å²) in [6.07, 6.45) is 0. The highest BCUT2D eigenvalue weighted by atomic mass is 32.2. The van der Waals surface area contributed by atoms with Crippen molar-refractivity contribution in [2.75, 3.05) is 14.2 Å². The fourth-order valence-corrected chi connectivity index (χ4v) is 3.69. The third-order valence-corrected chi connectivity index (χ3v) is 5.24. The molecule has 0 aliphatic rings. The Hall–Kier alpha value is -3.40. The van der Waals surface area contributed by atoms with E-state index in [0.717, 1.165) is 5.69 Å². The van der Waals surface area contributed by atoms with Gasteiger partial charge in [0.15, 0.2) is 5.16 Å². The molecule has 0 amide bonds. The molecular weight excluding hydrogens is 409 g/mol. The molecule has 154 valence electrons. The van der Waals surface area contributed by atoms with Crippen LogP contribution in [0.2, 0.25) is 0 Å². The maximum absolute atomic E-state index is 13.2. The van der Waals surface area contributed by atoms with Gasteiger partial charge in [-0.2, -0.15) is 4.98 Å². The molecule has 0 fully saturated rings. The van der Waals surface area contributed by atoms with Crippen LogP contribution in [0.25, 0.3) is 17.1 Å². The van der Waals surface area contributed by atoms with Crippen LogP contribution in [0, 0.1) is 12.7 Å². The van der Waals surface area contributed by atoms with Gasteiger partial charge in [-0.15, -0.1) is 10.2 Å². The van der Waals surface area contributed by atoms with E-state index in [1.54, 1.807) is 38.5 Å². The van der Waals surface area contributed by atoms with Crippen LogP contribution in [0.15, 0.2) is 52.1 Å². The SMILES string of the molecule is COc1ccc(-c2noc(CSc3nnc(C)n3-c3ccc(F)cc3)n2)c(OC)c1. The Kier molecular flexibility index (Phi) is 5.66. The Morgan fingerprint density at radius 2 is 1.87 bits per heavy atom. The van der Waals surface area contributed by atoms with Crippen molar-refractivity contribution in [3.63, 3.8) is 0 Å². The summed E-state index contributed by atoms with van der Waals surface area (Å²) in [4.78, 5) is 4.45. The van der Waals surface area contributed by atoms with E-state index in [4.69, 9.17) is 14.0 Å². The van der Waals surface area contributed by atoms with Crippen molar-refractivity contribution in [2.45, 2.75) is 17.8 Å². The van der Waals surface area contributed by atoms with Crippen LogP contribution in [-0.4, -0.2) is 39.1 Å². The number of halogens is 1. The van der Waals surface area contributed by atoms with Gasteiger partial charge >= 0.3 is 0 Å².